The van der Waals surface area contributed by atoms with Gasteiger partial charge >= 0.3 is 0 Å². The molecule has 0 radical (unpaired) electrons. The smallest absolute Gasteiger partial charge is 0.269 e. The molecule has 8 heteroatoms. The number of rotatable bonds is 7. The van der Waals surface area contributed by atoms with Gasteiger partial charge in [-0.05, 0) is 36.8 Å². The van der Waals surface area contributed by atoms with Crippen molar-refractivity contribution in [1.29, 1.82) is 0 Å². The first-order chi connectivity index (χ1) is 13.4. The second-order valence-corrected chi connectivity index (χ2v) is 6.27. The number of nitrogens with zero attached hydrogens (tertiary/aromatic N) is 2. The molecule has 1 N–H and O–H groups in total. The molecule has 3 aromatic rings. The lowest BCUT2D eigenvalue weighted by atomic mass is 10.1. The molecule has 1 aromatic heterocycles. The van der Waals surface area contributed by atoms with Crippen LogP contribution >= 0.6 is 0 Å². The lowest BCUT2D eigenvalue weighted by molar-refractivity contribution is -0.384. The number of carbonyl (C=O) groups excluding carboxylic acids is 1. The molecule has 1 heterocycles. The molecule has 28 heavy (non-hydrogen) atoms. The molecule has 0 bridgehead atoms. The number of nitro groups is 1. The monoisotopic (exact) mass is 383 g/mol. The van der Waals surface area contributed by atoms with E-state index in [0.717, 1.165) is 0 Å². The van der Waals surface area contributed by atoms with E-state index in [1.165, 1.54) is 30.5 Å². The minimum atomic E-state index is -0.473. The van der Waals surface area contributed by atoms with Crippen molar-refractivity contribution in [1.82, 2.24) is 10.3 Å². The molecule has 1 unspecified atom stereocenters. The maximum atomic E-state index is 13.0. The number of aromatic nitrogens is 1. The van der Waals surface area contributed by atoms with Gasteiger partial charge in [0.2, 0.25) is 5.91 Å². The van der Waals surface area contributed by atoms with Gasteiger partial charge in [0.25, 0.3) is 5.69 Å². The van der Waals surface area contributed by atoms with Gasteiger partial charge in [0.1, 0.15) is 5.82 Å². The fourth-order valence-electron chi connectivity index (χ4n) is 2.70. The van der Waals surface area contributed by atoms with E-state index in [0.29, 0.717) is 29.2 Å². The highest BCUT2D eigenvalue weighted by Gasteiger charge is 2.14. The van der Waals surface area contributed by atoms with Gasteiger partial charge in [0.15, 0.2) is 11.7 Å². The lowest BCUT2D eigenvalue weighted by Crippen LogP contribution is -2.26. The fourth-order valence-corrected chi connectivity index (χ4v) is 2.70. The topological polar surface area (TPSA) is 98.3 Å². The molecule has 0 saturated carbocycles. The average molecular weight is 383 g/mol. The Labute approximate surface area is 160 Å². The molecule has 3 rings (SSSR count). The Morgan fingerprint density at radius 1 is 1.29 bits per heavy atom. The van der Waals surface area contributed by atoms with Crippen molar-refractivity contribution >= 4 is 11.6 Å². The number of hydrogen-bond donors (Lipinski definition) is 1. The number of nitrogens with one attached hydrogen (secondary N) is 1. The molecule has 2 aromatic carbocycles. The minimum Gasteiger partial charge on any atom is -0.441 e. The molecule has 1 amide bonds. The van der Waals surface area contributed by atoms with Crippen LogP contribution in [-0.2, 0) is 11.2 Å². The normalized spacial score (nSPS) is 11.8. The summed E-state index contributed by atoms with van der Waals surface area (Å²) in [6, 6.07) is 11.6. The molecule has 0 aliphatic rings. The Balaban J connectivity index is 1.55. The zero-order chi connectivity index (χ0) is 20.1. The van der Waals surface area contributed by atoms with E-state index in [1.54, 1.807) is 31.2 Å². The minimum absolute atomic E-state index is 0.0216. The number of carbonyl (C=O) groups is 1. The number of aryl methyl sites for hydroxylation is 1. The van der Waals surface area contributed by atoms with Crippen LogP contribution in [-0.4, -0.2) is 15.8 Å². The van der Waals surface area contributed by atoms with Crippen molar-refractivity contribution in [3.05, 3.63) is 82.1 Å². The van der Waals surface area contributed by atoms with E-state index < -0.39 is 4.92 Å². The van der Waals surface area contributed by atoms with Gasteiger partial charge in [-0.3, -0.25) is 14.9 Å². The van der Waals surface area contributed by atoms with E-state index in [2.05, 4.69) is 10.3 Å². The van der Waals surface area contributed by atoms with E-state index in [4.69, 9.17) is 4.42 Å². The first-order valence-electron chi connectivity index (χ1n) is 8.67. The predicted molar refractivity (Wildman–Crippen MR) is 99.9 cm³/mol. The number of amides is 1. The third kappa shape index (κ3) is 4.79. The number of oxazole rings is 1. The number of hydrogen-bond acceptors (Lipinski definition) is 5. The van der Waals surface area contributed by atoms with Gasteiger partial charge in [-0.2, -0.15) is 0 Å². The van der Waals surface area contributed by atoms with Crippen LogP contribution in [0.4, 0.5) is 10.1 Å². The molecule has 144 valence electrons. The van der Waals surface area contributed by atoms with Gasteiger partial charge in [-0.25, -0.2) is 9.37 Å². The highest BCUT2D eigenvalue weighted by atomic mass is 19.1. The van der Waals surface area contributed by atoms with Crippen LogP contribution in [0.25, 0.3) is 11.3 Å². The quantitative estimate of drug-likeness (QED) is 0.487. The van der Waals surface area contributed by atoms with Crippen molar-refractivity contribution in [3.63, 3.8) is 0 Å². The second-order valence-electron chi connectivity index (χ2n) is 6.27. The van der Waals surface area contributed by atoms with Gasteiger partial charge in [0.05, 0.1) is 17.2 Å². The summed E-state index contributed by atoms with van der Waals surface area (Å²) in [7, 11) is 0. The van der Waals surface area contributed by atoms with Crippen LogP contribution in [0.1, 0.15) is 30.8 Å². The molecule has 7 nitrogen and oxygen atoms in total. The van der Waals surface area contributed by atoms with Crippen molar-refractivity contribution in [2.75, 3.05) is 0 Å². The summed E-state index contributed by atoms with van der Waals surface area (Å²) < 4.78 is 18.6. The zero-order valence-corrected chi connectivity index (χ0v) is 15.1. The fraction of sp³-hybridized carbons (Fsp3) is 0.200. The summed E-state index contributed by atoms with van der Waals surface area (Å²) in [5.74, 6) is 0.344. The highest BCUT2D eigenvalue weighted by molar-refractivity contribution is 5.76. The summed E-state index contributed by atoms with van der Waals surface area (Å²) >= 11 is 0. The summed E-state index contributed by atoms with van der Waals surface area (Å²) in [6.45, 7) is 1.76. The number of benzene rings is 2. The van der Waals surface area contributed by atoms with Crippen LogP contribution in [0.15, 0.2) is 59.1 Å². The number of nitro benzene ring substituents is 1. The Hall–Kier alpha value is -3.55. The van der Waals surface area contributed by atoms with E-state index in [-0.39, 0.29) is 29.9 Å². The second kappa shape index (κ2) is 8.43. The molecular formula is C20H18FN3O4. The summed E-state index contributed by atoms with van der Waals surface area (Å²) in [4.78, 5) is 26.7. The van der Waals surface area contributed by atoms with E-state index >= 15 is 0 Å². The SMILES string of the molecule is CC(NC(=O)CCc1ncc(-c2ccc(F)cc2)o1)c1cccc([N+](=O)[O-])c1. The van der Waals surface area contributed by atoms with Crippen molar-refractivity contribution < 1.29 is 18.5 Å². The third-order valence-electron chi connectivity index (χ3n) is 4.21. The van der Waals surface area contributed by atoms with E-state index in [9.17, 15) is 19.3 Å². The molecule has 0 saturated heterocycles. The molecular weight excluding hydrogens is 365 g/mol. The Morgan fingerprint density at radius 2 is 2.04 bits per heavy atom. The van der Waals surface area contributed by atoms with Gasteiger partial charge in [-0.15, -0.1) is 0 Å². The Kier molecular flexibility index (Phi) is 5.78. The van der Waals surface area contributed by atoms with Crippen LogP contribution in [0, 0.1) is 15.9 Å². The Morgan fingerprint density at radius 3 is 2.75 bits per heavy atom. The van der Waals surface area contributed by atoms with Crippen LogP contribution in [0.3, 0.4) is 0 Å². The average Bonchev–Trinajstić information content (AvgIpc) is 3.16. The van der Waals surface area contributed by atoms with Gasteiger partial charge < -0.3 is 9.73 Å². The number of halogens is 1. The Bertz CT molecular complexity index is 985. The largest absolute Gasteiger partial charge is 0.441 e. The van der Waals surface area contributed by atoms with Crippen LogP contribution in [0.5, 0.6) is 0 Å². The van der Waals surface area contributed by atoms with Crippen LogP contribution in [0.2, 0.25) is 0 Å². The third-order valence-corrected chi connectivity index (χ3v) is 4.21. The first kappa shape index (κ1) is 19.2. The van der Waals surface area contributed by atoms with Crippen LogP contribution < -0.4 is 5.32 Å². The molecule has 0 spiro atoms. The molecule has 0 aliphatic heterocycles. The van der Waals surface area contributed by atoms with Gasteiger partial charge in [0, 0.05) is 30.5 Å². The number of non-ortho nitro benzene ring substituents is 1. The van der Waals surface area contributed by atoms with Gasteiger partial charge in [-0.1, -0.05) is 12.1 Å². The molecule has 0 aliphatic carbocycles. The summed E-state index contributed by atoms with van der Waals surface area (Å²) in [5, 5.41) is 13.7. The summed E-state index contributed by atoms with van der Waals surface area (Å²) in [6.07, 6.45) is 1.99. The van der Waals surface area contributed by atoms with Crippen molar-refractivity contribution in [3.8, 4) is 11.3 Å². The zero-order valence-electron chi connectivity index (χ0n) is 15.1. The standard InChI is InChI=1S/C20H18FN3O4/c1-13(15-3-2-4-17(11-15)24(26)27)23-19(25)9-10-20-22-12-18(28-20)14-5-7-16(21)8-6-14/h2-8,11-13H,9-10H2,1H3,(H,23,25). The van der Waals surface area contributed by atoms with Crippen molar-refractivity contribution in [2.24, 2.45) is 0 Å². The maximum Gasteiger partial charge on any atom is 0.269 e. The molecule has 0 fully saturated rings. The predicted octanol–water partition coefficient (Wildman–Crippen LogP) is 4.20. The summed E-state index contributed by atoms with van der Waals surface area (Å²) in [5.41, 5.74) is 1.33. The van der Waals surface area contributed by atoms with Crippen molar-refractivity contribution in [2.45, 2.75) is 25.8 Å². The highest BCUT2D eigenvalue weighted by Crippen LogP contribution is 2.22. The molecule has 1 atom stereocenters. The lowest BCUT2D eigenvalue weighted by Gasteiger charge is -2.13. The maximum absolute atomic E-state index is 13.0. The van der Waals surface area contributed by atoms with E-state index in [1.807, 2.05) is 0 Å². The first-order valence-corrected chi connectivity index (χ1v) is 8.67.